The summed E-state index contributed by atoms with van der Waals surface area (Å²) < 4.78 is 30.5. The molecule has 7 heteroatoms. The van der Waals surface area contributed by atoms with E-state index in [2.05, 4.69) is 12.2 Å². The summed E-state index contributed by atoms with van der Waals surface area (Å²) in [6, 6.07) is 14.3. The minimum Gasteiger partial charge on any atom is -0.497 e. The summed E-state index contributed by atoms with van der Waals surface area (Å²) >= 11 is 0. The SMILES string of the molecule is CCc1ccc(C(C)NC(=O)CN(c2ccc(OC)cc2)S(C)(=O)=O)cc1. The smallest absolute Gasteiger partial charge is 0.241 e. The van der Waals surface area contributed by atoms with Crippen LogP contribution >= 0.6 is 0 Å². The molecule has 0 bridgehead atoms. The van der Waals surface area contributed by atoms with Crippen molar-refractivity contribution in [3.8, 4) is 5.75 Å². The second-order valence-corrected chi connectivity index (χ2v) is 8.26. The molecule has 0 spiro atoms. The molecule has 1 unspecified atom stereocenters. The van der Waals surface area contributed by atoms with Gasteiger partial charge in [0.05, 0.1) is 25.1 Å². The van der Waals surface area contributed by atoms with Crippen LogP contribution in [0.5, 0.6) is 5.75 Å². The molecule has 1 amide bonds. The van der Waals surface area contributed by atoms with Crippen molar-refractivity contribution in [1.82, 2.24) is 5.32 Å². The topological polar surface area (TPSA) is 75.7 Å². The molecule has 2 aromatic carbocycles. The van der Waals surface area contributed by atoms with E-state index in [1.807, 2.05) is 31.2 Å². The van der Waals surface area contributed by atoms with E-state index in [0.717, 1.165) is 22.5 Å². The lowest BCUT2D eigenvalue weighted by molar-refractivity contribution is -0.120. The molecule has 2 aromatic rings. The summed E-state index contributed by atoms with van der Waals surface area (Å²) in [5.41, 5.74) is 2.60. The number of ether oxygens (including phenoxy) is 1. The Kier molecular flexibility index (Phi) is 6.85. The number of sulfonamides is 1. The van der Waals surface area contributed by atoms with Crippen LogP contribution in [0.3, 0.4) is 0 Å². The fourth-order valence-electron chi connectivity index (χ4n) is 2.69. The lowest BCUT2D eigenvalue weighted by Gasteiger charge is -2.23. The number of nitrogens with zero attached hydrogens (tertiary/aromatic N) is 1. The van der Waals surface area contributed by atoms with Crippen molar-refractivity contribution in [2.45, 2.75) is 26.3 Å². The van der Waals surface area contributed by atoms with E-state index >= 15 is 0 Å². The largest absolute Gasteiger partial charge is 0.497 e. The first kappa shape index (κ1) is 20.8. The molecule has 0 radical (unpaired) electrons. The van der Waals surface area contributed by atoms with E-state index < -0.39 is 10.0 Å². The Balaban J connectivity index is 2.10. The first-order valence-corrected chi connectivity index (χ1v) is 10.6. The third kappa shape index (κ3) is 5.72. The zero-order valence-corrected chi connectivity index (χ0v) is 16.9. The summed E-state index contributed by atoms with van der Waals surface area (Å²) in [7, 11) is -2.08. The van der Waals surface area contributed by atoms with Gasteiger partial charge < -0.3 is 10.1 Å². The molecule has 27 heavy (non-hydrogen) atoms. The Labute approximate surface area is 161 Å². The molecular weight excluding hydrogens is 364 g/mol. The summed E-state index contributed by atoms with van der Waals surface area (Å²) in [6.07, 6.45) is 2.03. The number of methoxy groups -OCH3 is 1. The highest BCUT2D eigenvalue weighted by molar-refractivity contribution is 7.92. The van der Waals surface area contributed by atoms with Crippen LogP contribution in [0.1, 0.15) is 31.0 Å². The second-order valence-electron chi connectivity index (χ2n) is 6.35. The lowest BCUT2D eigenvalue weighted by Crippen LogP contribution is -2.41. The number of anilines is 1. The van der Waals surface area contributed by atoms with Gasteiger partial charge in [-0.3, -0.25) is 9.10 Å². The Bertz CT molecular complexity index is 862. The highest BCUT2D eigenvalue weighted by Gasteiger charge is 2.22. The quantitative estimate of drug-likeness (QED) is 0.752. The Hall–Kier alpha value is -2.54. The molecule has 0 saturated carbocycles. The number of hydrogen-bond donors (Lipinski definition) is 1. The van der Waals surface area contributed by atoms with Crippen LogP contribution in [0.2, 0.25) is 0 Å². The van der Waals surface area contributed by atoms with Crippen molar-refractivity contribution in [3.05, 3.63) is 59.7 Å². The Morgan fingerprint density at radius 3 is 2.19 bits per heavy atom. The number of carbonyl (C=O) groups excluding carboxylic acids is 1. The van der Waals surface area contributed by atoms with Gasteiger partial charge >= 0.3 is 0 Å². The third-order valence-electron chi connectivity index (χ3n) is 4.31. The summed E-state index contributed by atoms with van der Waals surface area (Å²) in [5, 5.41) is 2.86. The molecule has 0 aliphatic carbocycles. The predicted molar refractivity (Wildman–Crippen MR) is 108 cm³/mol. The predicted octanol–water partition coefficient (Wildman–Crippen LogP) is 2.90. The maximum Gasteiger partial charge on any atom is 0.241 e. The van der Waals surface area contributed by atoms with Gasteiger partial charge in [0.25, 0.3) is 0 Å². The highest BCUT2D eigenvalue weighted by atomic mass is 32.2. The standard InChI is InChI=1S/C20H26N2O4S/c1-5-16-6-8-17(9-7-16)15(2)21-20(23)14-22(27(4,24)25)18-10-12-19(26-3)13-11-18/h6-13,15H,5,14H2,1-4H3,(H,21,23). The molecule has 1 N–H and O–H groups in total. The van der Waals surface area contributed by atoms with Crippen molar-refractivity contribution < 1.29 is 17.9 Å². The number of amides is 1. The summed E-state index contributed by atoms with van der Waals surface area (Å²) in [6.45, 7) is 3.67. The normalized spacial score (nSPS) is 12.3. The summed E-state index contributed by atoms with van der Waals surface area (Å²) in [5.74, 6) is 0.240. The monoisotopic (exact) mass is 390 g/mol. The number of nitrogens with one attached hydrogen (secondary N) is 1. The number of benzene rings is 2. The molecule has 146 valence electrons. The molecule has 0 aromatic heterocycles. The molecule has 6 nitrogen and oxygen atoms in total. The first-order valence-electron chi connectivity index (χ1n) is 8.74. The van der Waals surface area contributed by atoms with Gasteiger partial charge in [0.1, 0.15) is 12.3 Å². The van der Waals surface area contributed by atoms with Crippen LogP contribution < -0.4 is 14.4 Å². The van der Waals surface area contributed by atoms with Crippen LogP contribution in [0.4, 0.5) is 5.69 Å². The first-order chi connectivity index (χ1) is 12.7. The molecule has 0 heterocycles. The maximum absolute atomic E-state index is 12.5. The van der Waals surface area contributed by atoms with E-state index in [1.165, 1.54) is 12.7 Å². The van der Waals surface area contributed by atoms with Crippen LogP contribution in [0.25, 0.3) is 0 Å². The average molecular weight is 391 g/mol. The molecule has 0 aliphatic rings. The van der Waals surface area contributed by atoms with E-state index in [9.17, 15) is 13.2 Å². The zero-order chi connectivity index (χ0) is 20.0. The molecular formula is C20H26N2O4S. The number of hydrogen-bond acceptors (Lipinski definition) is 4. The van der Waals surface area contributed by atoms with E-state index in [-0.39, 0.29) is 18.5 Å². The average Bonchev–Trinajstić information content (AvgIpc) is 2.65. The van der Waals surface area contributed by atoms with Crippen LogP contribution in [0, 0.1) is 0 Å². The van der Waals surface area contributed by atoms with E-state index in [4.69, 9.17) is 4.74 Å². The lowest BCUT2D eigenvalue weighted by atomic mass is 10.1. The van der Waals surface area contributed by atoms with Crippen molar-refractivity contribution in [1.29, 1.82) is 0 Å². The Morgan fingerprint density at radius 2 is 1.70 bits per heavy atom. The fraction of sp³-hybridized carbons (Fsp3) is 0.350. The fourth-order valence-corrected chi connectivity index (χ4v) is 3.55. The van der Waals surface area contributed by atoms with Crippen LogP contribution in [0.15, 0.2) is 48.5 Å². The maximum atomic E-state index is 12.5. The Morgan fingerprint density at radius 1 is 1.11 bits per heavy atom. The molecule has 1 atom stereocenters. The summed E-state index contributed by atoms with van der Waals surface area (Å²) in [4.78, 5) is 12.5. The number of aryl methyl sites for hydroxylation is 1. The van der Waals surface area contributed by atoms with Gasteiger partial charge in [-0.15, -0.1) is 0 Å². The molecule has 0 fully saturated rings. The minimum atomic E-state index is -3.61. The van der Waals surface area contributed by atoms with Crippen LogP contribution in [-0.2, 0) is 21.2 Å². The van der Waals surface area contributed by atoms with Gasteiger partial charge in [-0.05, 0) is 48.7 Å². The highest BCUT2D eigenvalue weighted by Crippen LogP contribution is 2.21. The van der Waals surface area contributed by atoms with Gasteiger partial charge in [-0.25, -0.2) is 8.42 Å². The zero-order valence-electron chi connectivity index (χ0n) is 16.1. The van der Waals surface area contributed by atoms with E-state index in [1.54, 1.807) is 24.3 Å². The van der Waals surface area contributed by atoms with Crippen LogP contribution in [-0.4, -0.2) is 34.2 Å². The van der Waals surface area contributed by atoms with Crippen molar-refractivity contribution >= 4 is 21.6 Å². The second kappa shape index (κ2) is 8.90. The molecule has 0 aliphatic heterocycles. The van der Waals surface area contributed by atoms with Gasteiger partial charge in [-0.1, -0.05) is 31.2 Å². The van der Waals surface area contributed by atoms with Gasteiger partial charge in [0.2, 0.25) is 15.9 Å². The van der Waals surface area contributed by atoms with Crippen molar-refractivity contribution in [2.75, 3.05) is 24.2 Å². The van der Waals surface area contributed by atoms with Crippen molar-refractivity contribution in [3.63, 3.8) is 0 Å². The number of rotatable bonds is 8. The van der Waals surface area contributed by atoms with Gasteiger partial charge in [0, 0.05) is 0 Å². The van der Waals surface area contributed by atoms with Gasteiger partial charge in [0.15, 0.2) is 0 Å². The van der Waals surface area contributed by atoms with E-state index in [0.29, 0.717) is 11.4 Å². The molecule has 2 rings (SSSR count). The van der Waals surface area contributed by atoms with Gasteiger partial charge in [-0.2, -0.15) is 0 Å². The minimum absolute atomic E-state index is 0.222. The number of carbonyl (C=O) groups is 1. The molecule has 0 saturated heterocycles. The van der Waals surface area contributed by atoms with Crippen molar-refractivity contribution in [2.24, 2.45) is 0 Å². The third-order valence-corrected chi connectivity index (χ3v) is 5.45.